The number of anilines is 1. The summed E-state index contributed by atoms with van der Waals surface area (Å²) in [6.45, 7) is 0. The average molecular weight is 215 g/mol. The molecule has 2 rings (SSSR count). The van der Waals surface area contributed by atoms with Gasteiger partial charge in [0.2, 0.25) is 0 Å². The highest BCUT2D eigenvalue weighted by atomic mass is 15.2. The highest BCUT2D eigenvalue weighted by Crippen LogP contribution is 2.24. The third-order valence-electron chi connectivity index (χ3n) is 3.36. The second kappa shape index (κ2) is 4.98. The lowest BCUT2D eigenvalue weighted by Crippen LogP contribution is -2.33. The third kappa shape index (κ3) is 2.33. The summed E-state index contributed by atoms with van der Waals surface area (Å²) in [5.41, 5.74) is 0.626. The van der Waals surface area contributed by atoms with Crippen LogP contribution in [0.15, 0.2) is 18.3 Å². The van der Waals surface area contributed by atoms with Gasteiger partial charge in [-0.3, -0.25) is 0 Å². The number of hydrogen-bond acceptors (Lipinski definition) is 3. The molecule has 0 atom stereocenters. The molecule has 3 nitrogen and oxygen atoms in total. The number of aromatic nitrogens is 1. The van der Waals surface area contributed by atoms with E-state index in [1.165, 1.54) is 32.1 Å². The lowest BCUT2D eigenvalue weighted by molar-refractivity contribution is 0.426. The Labute approximate surface area is 96.7 Å². The number of rotatable bonds is 2. The molecule has 0 aromatic carbocycles. The topological polar surface area (TPSA) is 39.9 Å². The fourth-order valence-electron chi connectivity index (χ4n) is 2.32. The molecule has 1 aliphatic carbocycles. The van der Waals surface area contributed by atoms with Gasteiger partial charge < -0.3 is 4.90 Å². The van der Waals surface area contributed by atoms with Crippen LogP contribution >= 0.6 is 0 Å². The SMILES string of the molecule is CN(c1ccc(C#N)cn1)C1CCCCC1. The molecule has 3 heteroatoms. The zero-order chi connectivity index (χ0) is 11.4. The van der Waals surface area contributed by atoms with Crippen LogP contribution in [0.25, 0.3) is 0 Å². The van der Waals surface area contributed by atoms with Gasteiger partial charge in [0.15, 0.2) is 0 Å². The quantitative estimate of drug-likeness (QED) is 0.761. The van der Waals surface area contributed by atoms with Crippen LogP contribution in [-0.4, -0.2) is 18.1 Å². The van der Waals surface area contributed by atoms with Gasteiger partial charge in [-0.1, -0.05) is 19.3 Å². The molecule has 0 aliphatic heterocycles. The van der Waals surface area contributed by atoms with Crippen molar-refractivity contribution >= 4 is 5.82 Å². The summed E-state index contributed by atoms with van der Waals surface area (Å²) in [6.07, 6.45) is 8.19. The van der Waals surface area contributed by atoms with Crippen molar-refractivity contribution in [3.63, 3.8) is 0 Å². The molecule has 1 fully saturated rings. The zero-order valence-electron chi connectivity index (χ0n) is 9.69. The summed E-state index contributed by atoms with van der Waals surface area (Å²) in [5.74, 6) is 0.978. The van der Waals surface area contributed by atoms with Crippen LogP contribution < -0.4 is 4.90 Å². The fraction of sp³-hybridized carbons (Fsp3) is 0.538. The molecule has 0 N–H and O–H groups in total. The van der Waals surface area contributed by atoms with E-state index in [9.17, 15) is 0 Å². The van der Waals surface area contributed by atoms with Gasteiger partial charge in [-0.2, -0.15) is 5.26 Å². The molecule has 1 aromatic rings. The second-order valence-electron chi connectivity index (χ2n) is 4.42. The van der Waals surface area contributed by atoms with E-state index < -0.39 is 0 Å². The molecule has 1 aliphatic rings. The van der Waals surface area contributed by atoms with E-state index in [0.29, 0.717) is 11.6 Å². The first-order chi connectivity index (χ1) is 7.81. The Morgan fingerprint density at radius 1 is 1.31 bits per heavy atom. The molecule has 1 heterocycles. The van der Waals surface area contributed by atoms with Crippen molar-refractivity contribution in [1.29, 1.82) is 5.26 Å². The zero-order valence-corrected chi connectivity index (χ0v) is 9.69. The summed E-state index contributed by atoms with van der Waals surface area (Å²) in [7, 11) is 2.10. The molecular weight excluding hydrogens is 198 g/mol. The van der Waals surface area contributed by atoms with Crippen molar-refractivity contribution in [3.05, 3.63) is 23.9 Å². The Hall–Kier alpha value is -1.56. The minimum Gasteiger partial charge on any atom is -0.357 e. The van der Waals surface area contributed by atoms with E-state index in [-0.39, 0.29) is 0 Å². The van der Waals surface area contributed by atoms with Crippen molar-refractivity contribution in [2.75, 3.05) is 11.9 Å². The maximum absolute atomic E-state index is 8.71. The van der Waals surface area contributed by atoms with Crippen LogP contribution in [0, 0.1) is 11.3 Å². The Balaban J connectivity index is 2.07. The number of pyridine rings is 1. The van der Waals surface area contributed by atoms with Crippen molar-refractivity contribution in [1.82, 2.24) is 4.98 Å². The first-order valence-corrected chi connectivity index (χ1v) is 5.90. The van der Waals surface area contributed by atoms with Gasteiger partial charge in [0.25, 0.3) is 0 Å². The van der Waals surface area contributed by atoms with Crippen molar-refractivity contribution in [3.8, 4) is 6.07 Å². The Morgan fingerprint density at radius 3 is 2.62 bits per heavy atom. The molecule has 0 radical (unpaired) electrons. The van der Waals surface area contributed by atoms with Crippen LogP contribution in [0.3, 0.4) is 0 Å². The summed E-state index contributed by atoms with van der Waals surface area (Å²) in [6, 6.07) is 6.48. The molecule has 0 amide bonds. The third-order valence-corrected chi connectivity index (χ3v) is 3.36. The molecular formula is C13H17N3. The van der Waals surface area contributed by atoms with E-state index in [2.05, 4.69) is 23.0 Å². The molecule has 1 aromatic heterocycles. The van der Waals surface area contributed by atoms with Crippen LogP contribution in [0.4, 0.5) is 5.82 Å². The van der Waals surface area contributed by atoms with E-state index in [4.69, 9.17) is 5.26 Å². The van der Waals surface area contributed by atoms with Gasteiger partial charge in [0.05, 0.1) is 5.56 Å². The number of hydrogen-bond donors (Lipinski definition) is 0. The van der Waals surface area contributed by atoms with Crippen LogP contribution in [-0.2, 0) is 0 Å². The normalized spacial score (nSPS) is 16.8. The number of nitrogens with zero attached hydrogens (tertiary/aromatic N) is 3. The predicted octanol–water partition coefficient (Wildman–Crippen LogP) is 2.72. The van der Waals surface area contributed by atoms with Crippen LogP contribution in [0.2, 0.25) is 0 Å². The maximum Gasteiger partial charge on any atom is 0.128 e. The summed E-state index contributed by atoms with van der Waals surface area (Å²) in [4.78, 5) is 6.58. The highest BCUT2D eigenvalue weighted by molar-refractivity contribution is 5.42. The van der Waals surface area contributed by atoms with Gasteiger partial charge in [0.1, 0.15) is 11.9 Å². The van der Waals surface area contributed by atoms with E-state index >= 15 is 0 Å². The van der Waals surface area contributed by atoms with Crippen molar-refractivity contribution < 1.29 is 0 Å². The lowest BCUT2D eigenvalue weighted by atomic mass is 9.94. The average Bonchev–Trinajstić information content (AvgIpc) is 2.39. The minimum atomic E-state index is 0.620. The summed E-state index contributed by atoms with van der Waals surface area (Å²) in [5, 5.41) is 8.71. The summed E-state index contributed by atoms with van der Waals surface area (Å²) < 4.78 is 0. The van der Waals surface area contributed by atoms with E-state index in [1.807, 2.05) is 12.1 Å². The van der Waals surface area contributed by atoms with E-state index in [0.717, 1.165) is 5.82 Å². The fourth-order valence-corrected chi connectivity index (χ4v) is 2.32. The maximum atomic E-state index is 8.71. The van der Waals surface area contributed by atoms with Gasteiger partial charge in [0, 0.05) is 19.3 Å². The minimum absolute atomic E-state index is 0.620. The standard InChI is InChI=1S/C13H17N3/c1-16(12-5-3-2-4-6-12)13-8-7-11(9-14)10-15-13/h7-8,10,12H,2-6H2,1H3. The first-order valence-electron chi connectivity index (χ1n) is 5.90. The molecule has 16 heavy (non-hydrogen) atoms. The van der Waals surface area contributed by atoms with E-state index in [1.54, 1.807) is 6.20 Å². The largest absolute Gasteiger partial charge is 0.357 e. The monoisotopic (exact) mass is 215 g/mol. The Morgan fingerprint density at radius 2 is 2.06 bits per heavy atom. The molecule has 0 bridgehead atoms. The Bertz CT molecular complexity index is 371. The molecule has 0 unspecified atom stereocenters. The van der Waals surface area contributed by atoms with Crippen molar-refractivity contribution in [2.24, 2.45) is 0 Å². The first kappa shape index (κ1) is 10.9. The highest BCUT2D eigenvalue weighted by Gasteiger charge is 2.18. The van der Waals surface area contributed by atoms with Gasteiger partial charge in [-0.25, -0.2) is 4.98 Å². The molecule has 0 spiro atoms. The van der Waals surface area contributed by atoms with Crippen LogP contribution in [0.5, 0.6) is 0 Å². The lowest BCUT2D eigenvalue weighted by Gasteiger charge is -2.32. The number of nitriles is 1. The second-order valence-corrected chi connectivity index (χ2v) is 4.42. The van der Waals surface area contributed by atoms with Crippen LogP contribution in [0.1, 0.15) is 37.7 Å². The van der Waals surface area contributed by atoms with Gasteiger partial charge in [-0.15, -0.1) is 0 Å². The predicted molar refractivity (Wildman–Crippen MR) is 64.2 cm³/mol. The molecule has 1 saturated carbocycles. The summed E-state index contributed by atoms with van der Waals surface area (Å²) >= 11 is 0. The Kier molecular flexibility index (Phi) is 3.40. The van der Waals surface area contributed by atoms with Gasteiger partial charge in [-0.05, 0) is 25.0 Å². The smallest absolute Gasteiger partial charge is 0.128 e. The van der Waals surface area contributed by atoms with Gasteiger partial charge >= 0.3 is 0 Å². The molecule has 0 saturated heterocycles. The van der Waals surface area contributed by atoms with Crippen molar-refractivity contribution in [2.45, 2.75) is 38.1 Å². The molecule has 84 valence electrons.